The number of nitrogens with zero attached hydrogens (tertiary/aromatic N) is 2. The molecule has 0 aliphatic carbocycles. The molecule has 0 fully saturated rings. The van der Waals surface area contributed by atoms with Crippen molar-refractivity contribution in [1.82, 2.24) is 10.1 Å². The molecule has 0 bridgehead atoms. The Kier molecular flexibility index (Phi) is 5.01. The summed E-state index contributed by atoms with van der Waals surface area (Å²) in [5.74, 6) is 2.06. The molecule has 4 nitrogen and oxygen atoms in total. The maximum atomic E-state index is 6.01. The van der Waals surface area contributed by atoms with Crippen molar-refractivity contribution in [2.75, 3.05) is 12.0 Å². The van der Waals surface area contributed by atoms with Crippen LogP contribution in [0.15, 0.2) is 27.2 Å². The van der Waals surface area contributed by atoms with Crippen LogP contribution >= 0.6 is 27.7 Å². The fourth-order valence-corrected chi connectivity index (χ4v) is 2.47. The zero-order valence-electron chi connectivity index (χ0n) is 10.9. The highest BCUT2D eigenvalue weighted by molar-refractivity contribution is 9.10. The maximum Gasteiger partial charge on any atom is 0.243 e. The lowest BCUT2D eigenvalue weighted by Crippen LogP contribution is -2.11. The number of benzene rings is 1. The average Bonchev–Trinajstić information content (AvgIpc) is 2.89. The highest BCUT2D eigenvalue weighted by atomic mass is 79.9. The molecule has 0 saturated heterocycles. The van der Waals surface area contributed by atoms with Crippen molar-refractivity contribution in [2.45, 2.75) is 19.4 Å². The van der Waals surface area contributed by atoms with Gasteiger partial charge in [-0.25, -0.2) is 0 Å². The van der Waals surface area contributed by atoms with Crippen molar-refractivity contribution in [3.8, 4) is 11.4 Å². The lowest BCUT2D eigenvalue weighted by Gasteiger charge is -2.03. The summed E-state index contributed by atoms with van der Waals surface area (Å²) in [7, 11) is 0. The number of hydrogen-bond donors (Lipinski definition) is 1. The number of aromatic nitrogens is 2. The summed E-state index contributed by atoms with van der Waals surface area (Å²) in [5.41, 5.74) is 8.10. The molecule has 0 unspecified atom stereocenters. The van der Waals surface area contributed by atoms with E-state index in [0.29, 0.717) is 11.7 Å². The molecule has 1 aromatic carbocycles. The van der Waals surface area contributed by atoms with Crippen molar-refractivity contribution < 1.29 is 4.52 Å². The second-order valence-corrected chi connectivity index (χ2v) is 6.15. The van der Waals surface area contributed by atoms with Gasteiger partial charge < -0.3 is 10.3 Å². The predicted molar refractivity (Wildman–Crippen MR) is 82.1 cm³/mol. The third-order valence-corrected chi connectivity index (χ3v) is 4.32. The topological polar surface area (TPSA) is 64.9 Å². The van der Waals surface area contributed by atoms with E-state index in [9.17, 15) is 0 Å². The van der Waals surface area contributed by atoms with Crippen LogP contribution in [0.25, 0.3) is 11.4 Å². The van der Waals surface area contributed by atoms with E-state index in [0.717, 1.165) is 22.2 Å². The van der Waals surface area contributed by atoms with E-state index in [1.54, 1.807) is 11.8 Å². The van der Waals surface area contributed by atoms with Crippen LogP contribution in [-0.4, -0.2) is 22.1 Å². The number of rotatable bonds is 5. The van der Waals surface area contributed by atoms with Gasteiger partial charge in [-0.3, -0.25) is 0 Å². The molecule has 0 spiro atoms. The van der Waals surface area contributed by atoms with E-state index in [-0.39, 0.29) is 6.04 Å². The van der Waals surface area contributed by atoms with Crippen LogP contribution in [0.3, 0.4) is 0 Å². The molecule has 0 aliphatic rings. The molecule has 2 N–H and O–H groups in total. The predicted octanol–water partition coefficient (Wildman–Crippen LogP) is 3.56. The van der Waals surface area contributed by atoms with Crippen LogP contribution in [0.4, 0.5) is 0 Å². The van der Waals surface area contributed by atoms with Crippen LogP contribution in [0.2, 0.25) is 0 Å². The quantitative estimate of drug-likeness (QED) is 0.900. The molecule has 0 radical (unpaired) electrons. The van der Waals surface area contributed by atoms with Crippen LogP contribution in [0.1, 0.15) is 23.9 Å². The van der Waals surface area contributed by atoms with Crippen LogP contribution in [0.5, 0.6) is 0 Å². The van der Waals surface area contributed by atoms with Crippen LogP contribution < -0.4 is 5.73 Å². The fourth-order valence-electron chi connectivity index (χ4n) is 1.60. The summed E-state index contributed by atoms with van der Waals surface area (Å²) in [6.07, 6.45) is 2.89. The largest absolute Gasteiger partial charge is 0.337 e. The zero-order chi connectivity index (χ0) is 13.8. The fraction of sp³-hybridized carbons (Fsp3) is 0.385. The second-order valence-electron chi connectivity index (χ2n) is 4.31. The van der Waals surface area contributed by atoms with Gasteiger partial charge in [0.15, 0.2) is 0 Å². The summed E-state index contributed by atoms with van der Waals surface area (Å²) in [5, 5.41) is 3.99. The van der Waals surface area contributed by atoms with Gasteiger partial charge in [0.05, 0.1) is 6.04 Å². The normalized spacial score (nSPS) is 12.6. The molecule has 1 atom stereocenters. The molecular weight excluding hydrogens is 326 g/mol. The Bertz CT molecular complexity index is 559. The Hall–Kier alpha value is -0.850. The number of nitrogens with two attached hydrogens (primary N) is 1. The molecule has 2 aromatic rings. The van der Waals surface area contributed by atoms with Crippen molar-refractivity contribution in [2.24, 2.45) is 5.73 Å². The van der Waals surface area contributed by atoms with E-state index in [1.165, 1.54) is 5.56 Å². The summed E-state index contributed by atoms with van der Waals surface area (Å²) >= 11 is 5.25. The molecule has 6 heteroatoms. The summed E-state index contributed by atoms with van der Waals surface area (Å²) in [4.78, 5) is 4.37. The van der Waals surface area contributed by atoms with E-state index < -0.39 is 0 Å². The molecule has 0 amide bonds. The van der Waals surface area contributed by atoms with Crippen LogP contribution in [-0.2, 0) is 0 Å². The van der Waals surface area contributed by atoms with Gasteiger partial charge in [-0.05, 0) is 37.0 Å². The highest BCUT2D eigenvalue weighted by Gasteiger charge is 2.15. The summed E-state index contributed by atoms with van der Waals surface area (Å²) in [6.45, 7) is 2.04. The van der Waals surface area contributed by atoms with E-state index >= 15 is 0 Å². The Balaban J connectivity index is 2.18. The average molecular weight is 342 g/mol. The van der Waals surface area contributed by atoms with Crippen molar-refractivity contribution in [3.63, 3.8) is 0 Å². The minimum absolute atomic E-state index is 0.192. The Morgan fingerprint density at radius 3 is 2.95 bits per heavy atom. The van der Waals surface area contributed by atoms with Gasteiger partial charge in [0.25, 0.3) is 0 Å². The molecule has 1 aromatic heterocycles. The Morgan fingerprint density at radius 1 is 1.47 bits per heavy atom. The summed E-state index contributed by atoms with van der Waals surface area (Å²) < 4.78 is 6.27. The second kappa shape index (κ2) is 6.54. The molecule has 19 heavy (non-hydrogen) atoms. The van der Waals surface area contributed by atoms with Crippen molar-refractivity contribution >= 4 is 27.7 Å². The first kappa shape index (κ1) is 14.6. The molecule has 0 aliphatic heterocycles. The summed E-state index contributed by atoms with van der Waals surface area (Å²) in [6, 6.07) is 5.78. The van der Waals surface area contributed by atoms with Crippen molar-refractivity contribution in [3.05, 3.63) is 34.1 Å². The Labute approximate surface area is 125 Å². The van der Waals surface area contributed by atoms with Crippen LogP contribution in [0, 0.1) is 6.92 Å². The number of thioether (sulfide) groups is 1. The first-order chi connectivity index (χ1) is 9.11. The standard InChI is InChI=1S/C13H16BrN3OS/c1-8-3-4-9(7-10(8)14)12-16-13(18-17-12)11(15)5-6-19-2/h3-4,7,11H,5-6,15H2,1-2H3/t11-/m0/s1. The first-order valence-electron chi connectivity index (χ1n) is 5.96. The van der Waals surface area contributed by atoms with E-state index in [4.69, 9.17) is 10.3 Å². The molecule has 102 valence electrons. The molecule has 1 heterocycles. The third-order valence-electron chi connectivity index (χ3n) is 2.82. The third kappa shape index (κ3) is 3.58. The first-order valence-corrected chi connectivity index (χ1v) is 8.15. The van der Waals surface area contributed by atoms with E-state index in [2.05, 4.69) is 32.3 Å². The number of aryl methyl sites for hydroxylation is 1. The lowest BCUT2D eigenvalue weighted by molar-refractivity contribution is 0.353. The van der Waals surface area contributed by atoms with Crippen molar-refractivity contribution in [1.29, 1.82) is 0 Å². The monoisotopic (exact) mass is 341 g/mol. The SMILES string of the molecule is CSCC[C@H](N)c1nc(-c2ccc(C)c(Br)c2)no1. The van der Waals surface area contributed by atoms with Gasteiger partial charge in [0.2, 0.25) is 11.7 Å². The highest BCUT2D eigenvalue weighted by Crippen LogP contribution is 2.25. The number of hydrogen-bond acceptors (Lipinski definition) is 5. The van der Waals surface area contributed by atoms with Gasteiger partial charge in [-0.2, -0.15) is 16.7 Å². The van der Waals surface area contributed by atoms with Gasteiger partial charge in [0.1, 0.15) is 0 Å². The zero-order valence-corrected chi connectivity index (χ0v) is 13.3. The Morgan fingerprint density at radius 2 is 2.26 bits per heavy atom. The smallest absolute Gasteiger partial charge is 0.243 e. The molecule has 2 rings (SSSR count). The van der Waals surface area contributed by atoms with Gasteiger partial charge >= 0.3 is 0 Å². The minimum Gasteiger partial charge on any atom is -0.337 e. The lowest BCUT2D eigenvalue weighted by atomic mass is 10.1. The van der Waals surface area contributed by atoms with E-state index in [1.807, 2.05) is 25.1 Å². The minimum atomic E-state index is -0.192. The van der Waals surface area contributed by atoms with Gasteiger partial charge in [-0.15, -0.1) is 0 Å². The molecular formula is C13H16BrN3OS. The maximum absolute atomic E-state index is 6.01. The number of halogens is 1. The van der Waals surface area contributed by atoms with Gasteiger partial charge in [0, 0.05) is 10.0 Å². The molecule has 0 saturated carbocycles. The van der Waals surface area contributed by atoms with Gasteiger partial charge in [-0.1, -0.05) is 33.2 Å².